The summed E-state index contributed by atoms with van der Waals surface area (Å²) in [6.45, 7) is 7.11. The number of imide groups is 1. The van der Waals surface area contributed by atoms with Crippen LogP contribution in [0.4, 0.5) is 17.1 Å². The number of imidazole rings is 1. The Kier molecular flexibility index (Phi) is 11.0. The number of rotatable bonds is 10. The van der Waals surface area contributed by atoms with Gasteiger partial charge in [0.1, 0.15) is 22.1 Å². The van der Waals surface area contributed by atoms with Crippen molar-refractivity contribution >= 4 is 57.5 Å². The lowest BCUT2D eigenvalue weighted by molar-refractivity contribution is -0.134. The number of aromatic amines is 1. The average molecular weight is 809 g/mol. The Morgan fingerprint density at radius 1 is 0.814 bits per heavy atom. The van der Waals surface area contributed by atoms with Gasteiger partial charge in [0.25, 0.3) is 5.91 Å². The number of anilines is 3. The number of hydrogen-bond donors (Lipinski definition) is 3. The van der Waals surface area contributed by atoms with Gasteiger partial charge in [0.15, 0.2) is 11.4 Å². The molecule has 9 rings (SSSR count). The molecule has 300 valence electrons. The van der Waals surface area contributed by atoms with Crippen molar-refractivity contribution in [3.8, 4) is 22.9 Å². The fraction of sp³-hybridized carbons (Fsp3) is 0.283. The van der Waals surface area contributed by atoms with Gasteiger partial charge in [-0.15, -0.1) is 0 Å². The third-order valence-corrected chi connectivity index (χ3v) is 12.0. The normalized spacial score (nSPS) is 17.9. The summed E-state index contributed by atoms with van der Waals surface area (Å²) in [6, 6.07) is 33.0. The molecule has 4 aromatic carbocycles. The highest BCUT2D eigenvalue weighted by Gasteiger charge is 2.29. The molecule has 3 fully saturated rings. The molecule has 13 heteroatoms. The molecule has 3 aliphatic heterocycles. The molecular weight excluding hydrogens is 764 g/mol. The van der Waals surface area contributed by atoms with Crippen LogP contribution in [0.15, 0.2) is 109 Å². The van der Waals surface area contributed by atoms with Gasteiger partial charge in [-0.3, -0.25) is 24.6 Å². The molecule has 2 aromatic heterocycles. The van der Waals surface area contributed by atoms with E-state index in [0.717, 1.165) is 81.2 Å². The van der Waals surface area contributed by atoms with Crippen LogP contribution in [0, 0.1) is 5.92 Å². The number of ether oxygens (including phenoxy) is 1. The number of piperidine rings is 2. The Balaban J connectivity index is 0.769. The monoisotopic (exact) mass is 808 g/mol. The summed E-state index contributed by atoms with van der Waals surface area (Å²) in [7, 11) is 0. The predicted molar refractivity (Wildman–Crippen MR) is 230 cm³/mol. The van der Waals surface area contributed by atoms with E-state index in [0.29, 0.717) is 57.8 Å². The smallest absolute Gasteiger partial charge is 0.255 e. The minimum absolute atomic E-state index is 0.179. The van der Waals surface area contributed by atoms with Crippen molar-refractivity contribution in [2.24, 2.45) is 5.92 Å². The molecule has 3 saturated heterocycles. The Bertz CT molecular complexity index is 2460. The zero-order chi connectivity index (χ0) is 40.3. The molecule has 3 aliphatic rings. The van der Waals surface area contributed by atoms with Crippen LogP contribution in [0.1, 0.15) is 47.5 Å². The minimum Gasteiger partial charge on any atom is -0.453 e. The number of H-pyrrole nitrogens is 1. The molecule has 3 N–H and O–H groups in total. The first-order valence-electron chi connectivity index (χ1n) is 20.3. The number of piperazine rings is 1. The number of nitrogens with zero attached hydrogens (tertiary/aromatic N) is 5. The molecule has 0 saturated carbocycles. The Labute approximate surface area is 347 Å². The Hall–Kier alpha value is -6.24. The van der Waals surface area contributed by atoms with E-state index in [-0.39, 0.29) is 23.6 Å². The second-order valence-corrected chi connectivity index (χ2v) is 15.9. The first kappa shape index (κ1) is 38.3. The fourth-order valence-electron chi connectivity index (χ4n) is 8.37. The van der Waals surface area contributed by atoms with Gasteiger partial charge in [0.05, 0.1) is 12.1 Å². The summed E-state index contributed by atoms with van der Waals surface area (Å²) in [5, 5.41) is 5.72. The van der Waals surface area contributed by atoms with Gasteiger partial charge in [-0.05, 0) is 104 Å². The van der Waals surface area contributed by atoms with Crippen molar-refractivity contribution in [1.82, 2.24) is 25.2 Å². The van der Waals surface area contributed by atoms with Gasteiger partial charge in [-0.1, -0.05) is 41.9 Å². The number of amides is 3. The number of halogens is 1. The zero-order valence-corrected chi connectivity index (χ0v) is 33.3. The van der Waals surface area contributed by atoms with Crippen molar-refractivity contribution in [3.05, 3.63) is 125 Å². The molecule has 5 heterocycles. The van der Waals surface area contributed by atoms with Crippen LogP contribution in [0.2, 0.25) is 5.02 Å². The second kappa shape index (κ2) is 16.9. The summed E-state index contributed by atoms with van der Waals surface area (Å²) in [4.78, 5) is 56.9. The number of pyridine rings is 1. The van der Waals surface area contributed by atoms with Gasteiger partial charge in [0, 0.05) is 80.4 Å². The minimum atomic E-state index is -0.258. The largest absolute Gasteiger partial charge is 0.453 e. The highest BCUT2D eigenvalue weighted by atomic mass is 35.5. The molecule has 0 spiro atoms. The Morgan fingerprint density at radius 2 is 1.56 bits per heavy atom. The van der Waals surface area contributed by atoms with Gasteiger partial charge < -0.3 is 24.8 Å². The number of carbonyl (C=O) groups excluding carboxylic acids is 3. The highest BCUT2D eigenvalue weighted by Crippen LogP contribution is 2.37. The molecule has 0 aliphatic carbocycles. The lowest BCUT2D eigenvalue weighted by atomic mass is 9.90. The Morgan fingerprint density at radius 3 is 2.31 bits per heavy atom. The maximum atomic E-state index is 12.7. The van der Waals surface area contributed by atoms with E-state index in [1.807, 2.05) is 42.5 Å². The number of carbonyl (C=O) groups is 3. The van der Waals surface area contributed by atoms with Crippen LogP contribution < -0.4 is 25.2 Å². The summed E-state index contributed by atoms with van der Waals surface area (Å²) in [5.74, 6) is 1.42. The van der Waals surface area contributed by atoms with E-state index in [9.17, 15) is 14.4 Å². The summed E-state index contributed by atoms with van der Waals surface area (Å²) in [6.07, 6.45) is 4.78. The molecule has 3 amide bonds. The molecule has 1 atom stereocenters. The van der Waals surface area contributed by atoms with Crippen molar-refractivity contribution < 1.29 is 19.1 Å². The molecule has 0 radical (unpaired) electrons. The first-order chi connectivity index (χ1) is 28.8. The number of para-hydroxylation sites is 1. The number of hydrogen-bond acceptors (Lipinski definition) is 9. The van der Waals surface area contributed by atoms with Crippen molar-refractivity contribution in [3.63, 3.8) is 0 Å². The lowest BCUT2D eigenvalue weighted by Crippen LogP contribution is -2.49. The molecule has 0 unspecified atom stereocenters. The van der Waals surface area contributed by atoms with Crippen molar-refractivity contribution in [2.75, 3.05) is 60.9 Å². The molecular formula is C46H45ClN8O4. The SMILES string of the molecule is O=C1CC[C@@H](c2cccc(N3CCC(CN4CCN(c5ccc(-c6nc7ncc(Cl)c(Oc8ccc(C(=O)Nc9ccccc9)cc8)c7[nH]6)cc5)CC4)CC3)c2)C(=O)N1. The van der Waals surface area contributed by atoms with E-state index >= 15 is 0 Å². The quantitative estimate of drug-likeness (QED) is 0.118. The van der Waals surface area contributed by atoms with E-state index in [4.69, 9.17) is 21.3 Å². The summed E-state index contributed by atoms with van der Waals surface area (Å²) in [5.41, 5.74) is 6.57. The van der Waals surface area contributed by atoms with Crippen LogP contribution in [-0.2, 0) is 9.59 Å². The molecule has 0 bridgehead atoms. The third-order valence-electron chi connectivity index (χ3n) is 11.7. The third kappa shape index (κ3) is 8.64. The first-order valence-corrected chi connectivity index (χ1v) is 20.7. The van der Waals surface area contributed by atoms with Crippen molar-refractivity contribution in [1.29, 1.82) is 0 Å². The highest BCUT2D eigenvalue weighted by molar-refractivity contribution is 6.32. The van der Waals surface area contributed by atoms with Crippen LogP contribution >= 0.6 is 11.6 Å². The maximum absolute atomic E-state index is 12.7. The van der Waals surface area contributed by atoms with Gasteiger partial charge in [0.2, 0.25) is 11.8 Å². The summed E-state index contributed by atoms with van der Waals surface area (Å²) >= 11 is 6.59. The standard InChI is InChI=1S/C46H45ClN8O4/c47-39-28-48-44-41(42(39)59-37-15-11-32(12-16-37)45(57)49-34-6-2-1-3-7-34)51-43(52-44)31-9-13-35(14-10-31)55-25-23-53(24-26-55)29-30-19-21-54(22-20-30)36-8-4-5-33(27-36)38-17-18-40(56)50-46(38)58/h1-16,27-28,30,38H,17-26,29H2,(H,49,57)(H,48,51,52)(H,50,56,58)/t38-/m0/s1. The summed E-state index contributed by atoms with van der Waals surface area (Å²) < 4.78 is 6.22. The van der Waals surface area contributed by atoms with E-state index < -0.39 is 0 Å². The topological polar surface area (TPSA) is 136 Å². The van der Waals surface area contributed by atoms with Crippen LogP contribution in [0.5, 0.6) is 11.5 Å². The van der Waals surface area contributed by atoms with Crippen molar-refractivity contribution in [2.45, 2.75) is 31.6 Å². The molecule has 12 nitrogen and oxygen atoms in total. The van der Waals surface area contributed by atoms with E-state index in [1.54, 1.807) is 24.3 Å². The van der Waals surface area contributed by atoms with Gasteiger partial charge >= 0.3 is 0 Å². The molecule has 6 aromatic rings. The van der Waals surface area contributed by atoms with Crippen LogP contribution in [-0.4, -0.2) is 83.4 Å². The fourth-order valence-corrected chi connectivity index (χ4v) is 8.55. The van der Waals surface area contributed by atoms with E-state index in [2.05, 4.69) is 71.7 Å². The van der Waals surface area contributed by atoms with Gasteiger partial charge in [-0.25, -0.2) is 9.97 Å². The number of benzene rings is 4. The van der Waals surface area contributed by atoms with Crippen LogP contribution in [0.25, 0.3) is 22.6 Å². The second-order valence-electron chi connectivity index (χ2n) is 15.5. The van der Waals surface area contributed by atoms with Crippen LogP contribution in [0.3, 0.4) is 0 Å². The average Bonchev–Trinajstić information content (AvgIpc) is 3.71. The van der Waals surface area contributed by atoms with Gasteiger partial charge in [-0.2, -0.15) is 0 Å². The zero-order valence-electron chi connectivity index (χ0n) is 32.6. The number of nitrogens with one attached hydrogen (secondary N) is 3. The predicted octanol–water partition coefficient (Wildman–Crippen LogP) is 7.88. The molecule has 59 heavy (non-hydrogen) atoms. The maximum Gasteiger partial charge on any atom is 0.255 e. The number of aromatic nitrogens is 3. The van der Waals surface area contributed by atoms with E-state index in [1.165, 1.54) is 11.9 Å². The lowest BCUT2D eigenvalue weighted by Gasteiger charge is -2.40. The number of fused-ring (bicyclic) bond motifs is 1.